The molecule has 1 aliphatic rings. The van der Waals surface area contributed by atoms with Crippen molar-refractivity contribution in [3.05, 3.63) is 0 Å². The average molecular weight is 128 g/mol. The van der Waals surface area contributed by atoms with Gasteiger partial charge in [0.25, 0.3) is 0 Å². The van der Waals surface area contributed by atoms with Gasteiger partial charge in [0.05, 0.1) is 0 Å². The first-order chi connectivity index (χ1) is 4.29. The van der Waals surface area contributed by atoms with E-state index in [1.807, 2.05) is 0 Å². The van der Waals surface area contributed by atoms with E-state index in [4.69, 9.17) is 0 Å². The molecule has 2 heteroatoms. The van der Waals surface area contributed by atoms with Crippen LogP contribution in [0, 0.1) is 5.92 Å². The molecule has 9 heavy (non-hydrogen) atoms. The van der Waals surface area contributed by atoms with Crippen molar-refractivity contribution in [1.29, 1.82) is 0 Å². The van der Waals surface area contributed by atoms with E-state index in [-0.39, 0.29) is 0 Å². The van der Waals surface area contributed by atoms with Gasteiger partial charge in [-0.2, -0.15) is 0 Å². The molecule has 0 amide bonds. The molecule has 0 atom stereocenters. The Balaban J connectivity index is 2.11. The zero-order valence-electron chi connectivity index (χ0n) is 6.35. The number of hydrogen-bond donors (Lipinski definition) is 1. The van der Waals surface area contributed by atoms with Crippen LogP contribution in [0.3, 0.4) is 0 Å². The highest BCUT2D eigenvalue weighted by atomic mass is 15.5. The van der Waals surface area contributed by atoms with E-state index in [1.165, 1.54) is 26.1 Å². The summed E-state index contributed by atoms with van der Waals surface area (Å²) >= 11 is 0. The summed E-state index contributed by atoms with van der Waals surface area (Å²) in [5.74, 6) is 0.788. The number of nitrogens with zero attached hydrogens (tertiary/aromatic N) is 1. The molecule has 0 aromatic carbocycles. The van der Waals surface area contributed by atoms with Crippen LogP contribution >= 0.6 is 0 Å². The number of hydrogen-bond acceptors (Lipinski definition) is 2. The fourth-order valence-electron chi connectivity index (χ4n) is 1.18. The second-order valence-corrected chi connectivity index (χ2v) is 3.10. The van der Waals surface area contributed by atoms with Gasteiger partial charge in [-0.1, -0.05) is 13.8 Å². The van der Waals surface area contributed by atoms with Crippen molar-refractivity contribution in [2.24, 2.45) is 5.92 Å². The fourth-order valence-corrected chi connectivity index (χ4v) is 1.18. The SMILES string of the molecule is CC(C)CN1CCCN1. The summed E-state index contributed by atoms with van der Waals surface area (Å²) in [6, 6.07) is 0. The quantitative estimate of drug-likeness (QED) is 0.593. The monoisotopic (exact) mass is 128 g/mol. The van der Waals surface area contributed by atoms with Gasteiger partial charge < -0.3 is 0 Å². The first-order valence-electron chi connectivity index (χ1n) is 3.77. The molecule has 0 radical (unpaired) electrons. The zero-order valence-corrected chi connectivity index (χ0v) is 6.35. The predicted molar refractivity (Wildman–Crippen MR) is 39.0 cm³/mol. The molecule has 0 unspecified atom stereocenters. The van der Waals surface area contributed by atoms with Crippen LogP contribution in [0.15, 0.2) is 0 Å². The molecule has 0 bridgehead atoms. The van der Waals surface area contributed by atoms with Crippen LogP contribution in [0.25, 0.3) is 0 Å². The minimum absolute atomic E-state index is 0.788. The topological polar surface area (TPSA) is 15.3 Å². The lowest BCUT2D eigenvalue weighted by Crippen LogP contribution is -2.33. The summed E-state index contributed by atoms with van der Waals surface area (Å²) in [6.45, 7) is 8.10. The predicted octanol–water partition coefficient (Wildman–Crippen LogP) is 0.853. The Morgan fingerprint density at radius 1 is 1.56 bits per heavy atom. The Kier molecular flexibility index (Phi) is 2.49. The highest BCUT2D eigenvalue weighted by molar-refractivity contribution is 4.62. The van der Waals surface area contributed by atoms with Gasteiger partial charge in [-0.05, 0) is 12.3 Å². The Morgan fingerprint density at radius 2 is 2.33 bits per heavy atom. The molecule has 54 valence electrons. The van der Waals surface area contributed by atoms with E-state index in [1.54, 1.807) is 0 Å². The van der Waals surface area contributed by atoms with E-state index in [9.17, 15) is 0 Å². The summed E-state index contributed by atoms with van der Waals surface area (Å²) in [5.41, 5.74) is 3.32. The first kappa shape index (κ1) is 7.03. The smallest absolute Gasteiger partial charge is 0.0154 e. The number of rotatable bonds is 2. The van der Waals surface area contributed by atoms with Crippen molar-refractivity contribution in [2.45, 2.75) is 20.3 Å². The molecule has 1 aliphatic heterocycles. The van der Waals surface area contributed by atoms with Gasteiger partial charge in [-0.15, -0.1) is 0 Å². The summed E-state index contributed by atoms with van der Waals surface area (Å²) in [7, 11) is 0. The average Bonchev–Trinajstić information content (AvgIpc) is 2.15. The summed E-state index contributed by atoms with van der Waals surface area (Å²) < 4.78 is 0. The van der Waals surface area contributed by atoms with Gasteiger partial charge in [0, 0.05) is 19.6 Å². The standard InChI is InChI=1S/C7H16N2/c1-7(2)6-9-5-3-4-8-9/h7-8H,3-6H2,1-2H3. The Hall–Kier alpha value is -0.0800. The van der Waals surface area contributed by atoms with Crippen molar-refractivity contribution < 1.29 is 0 Å². The molecule has 0 saturated carbocycles. The summed E-state index contributed by atoms with van der Waals surface area (Å²) in [5, 5.41) is 2.31. The Bertz CT molecular complexity index is 75.0. The van der Waals surface area contributed by atoms with E-state index >= 15 is 0 Å². The molecule has 0 aromatic heterocycles. The molecule has 1 fully saturated rings. The van der Waals surface area contributed by atoms with Crippen LogP contribution in [0.1, 0.15) is 20.3 Å². The lowest BCUT2D eigenvalue weighted by atomic mass is 10.2. The van der Waals surface area contributed by atoms with Crippen molar-refractivity contribution in [1.82, 2.24) is 10.4 Å². The largest absolute Gasteiger partial charge is 0.255 e. The summed E-state index contributed by atoms with van der Waals surface area (Å²) in [4.78, 5) is 0. The zero-order chi connectivity index (χ0) is 6.69. The second-order valence-electron chi connectivity index (χ2n) is 3.10. The minimum atomic E-state index is 0.788. The van der Waals surface area contributed by atoms with Gasteiger partial charge in [0.1, 0.15) is 0 Å². The second kappa shape index (κ2) is 3.18. The Labute approximate surface area is 57.2 Å². The third-order valence-electron chi connectivity index (χ3n) is 1.53. The molecule has 1 heterocycles. The maximum absolute atomic E-state index is 3.32. The van der Waals surface area contributed by atoms with Crippen molar-refractivity contribution in [3.63, 3.8) is 0 Å². The normalized spacial score (nSPS) is 21.7. The van der Waals surface area contributed by atoms with E-state index in [0.717, 1.165) is 5.92 Å². The van der Waals surface area contributed by atoms with Crippen LogP contribution in [0.4, 0.5) is 0 Å². The fraction of sp³-hybridized carbons (Fsp3) is 1.00. The molecule has 1 N–H and O–H groups in total. The van der Waals surface area contributed by atoms with E-state index in [2.05, 4.69) is 24.3 Å². The molecular weight excluding hydrogens is 112 g/mol. The highest BCUT2D eigenvalue weighted by Crippen LogP contribution is 2.00. The lowest BCUT2D eigenvalue weighted by molar-refractivity contribution is 0.225. The van der Waals surface area contributed by atoms with Crippen molar-refractivity contribution in [2.75, 3.05) is 19.6 Å². The van der Waals surface area contributed by atoms with Gasteiger partial charge in [0.15, 0.2) is 0 Å². The number of nitrogens with one attached hydrogen (secondary N) is 1. The van der Waals surface area contributed by atoms with Crippen LogP contribution in [0.5, 0.6) is 0 Å². The van der Waals surface area contributed by atoms with Crippen LogP contribution in [-0.2, 0) is 0 Å². The molecule has 1 rings (SSSR count). The van der Waals surface area contributed by atoms with Gasteiger partial charge in [0.2, 0.25) is 0 Å². The highest BCUT2D eigenvalue weighted by Gasteiger charge is 2.10. The summed E-state index contributed by atoms with van der Waals surface area (Å²) in [6.07, 6.45) is 1.31. The molecule has 1 saturated heterocycles. The Morgan fingerprint density at radius 3 is 2.78 bits per heavy atom. The molecule has 0 spiro atoms. The van der Waals surface area contributed by atoms with E-state index < -0.39 is 0 Å². The molecule has 2 nitrogen and oxygen atoms in total. The maximum atomic E-state index is 3.32. The molecular formula is C7H16N2. The van der Waals surface area contributed by atoms with Crippen molar-refractivity contribution in [3.8, 4) is 0 Å². The van der Waals surface area contributed by atoms with Gasteiger partial charge >= 0.3 is 0 Å². The molecule has 0 aromatic rings. The van der Waals surface area contributed by atoms with E-state index in [0.29, 0.717) is 0 Å². The van der Waals surface area contributed by atoms with Gasteiger partial charge in [-0.25, -0.2) is 5.01 Å². The van der Waals surface area contributed by atoms with Crippen molar-refractivity contribution >= 4 is 0 Å². The third kappa shape index (κ3) is 2.33. The van der Waals surface area contributed by atoms with Crippen LogP contribution in [0.2, 0.25) is 0 Å². The third-order valence-corrected chi connectivity index (χ3v) is 1.53. The van der Waals surface area contributed by atoms with Crippen LogP contribution < -0.4 is 5.43 Å². The number of hydrazine groups is 1. The first-order valence-corrected chi connectivity index (χ1v) is 3.77. The lowest BCUT2D eigenvalue weighted by Gasteiger charge is -2.16. The molecule has 0 aliphatic carbocycles. The van der Waals surface area contributed by atoms with Crippen LogP contribution in [-0.4, -0.2) is 24.6 Å². The van der Waals surface area contributed by atoms with Gasteiger partial charge in [-0.3, -0.25) is 5.43 Å². The minimum Gasteiger partial charge on any atom is -0.255 e. The maximum Gasteiger partial charge on any atom is 0.0154 e.